The summed E-state index contributed by atoms with van der Waals surface area (Å²) in [7, 11) is 0. The van der Waals surface area contributed by atoms with Crippen molar-refractivity contribution in [2.75, 3.05) is 0 Å². The highest BCUT2D eigenvalue weighted by Gasteiger charge is 2.16. The average molecular weight is 295 g/mol. The van der Waals surface area contributed by atoms with Gasteiger partial charge in [0.05, 0.1) is 6.54 Å². The first-order valence-corrected chi connectivity index (χ1v) is 7.58. The minimum atomic E-state index is -0.121. The van der Waals surface area contributed by atoms with E-state index in [1.807, 2.05) is 30.3 Å². The van der Waals surface area contributed by atoms with Gasteiger partial charge in [0, 0.05) is 23.9 Å². The normalized spacial score (nSPS) is 14.0. The van der Waals surface area contributed by atoms with Gasteiger partial charge in [-0.25, -0.2) is 0 Å². The molecule has 0 spiro atoms. The van der Waals surface area contributed by atoms with Gasteiger partial charge < -0.3 is 14.9 Å². The van der Waals surface area contributed by atoms with Crippen LogP contribution in [0.3, 0.4) is 0 Å². The molecule has 0 aliphatic carbocycles. The second-order valence-corrected chi connectivity index (χ2v) is 5.59. The summed E-state index contributed by atoms with van der Waals surface area (Å²) >= 11 is 0. The lowest BCUT2D eigenvalue weighted by Crippen LogP contribution is -2.25. The van der Waals surface area contributed by atoms with Gasteiger partial charge in [-0.05, 0) is 25.0 Å². The summed E-state index contributed by atoms with van der Waals surface area (Å²) in [5.41, 5.74) is 1.53. The molecule has 0 fully saturated rings. The van der Waals surface area contributed by atoms with Gasteiger partial charge in [0.25, 0.3) is 5.91 Å². The Morgan fingerprint density at radius 3 is 3.09 bits per heavy atom. The minimum Gasteiger partial charge on any atom is -0.351 e. The molecular formula is C16H17N5O. The van der Waals surface area contributed by atoms with Crippen molar-refractivity contribution in [3.8, 4) is 0 Å². The lowest BCUT2D eigenvalue weighted by Gasteiger charge is -2.14. The molecule has 1 amide bonds. The Labute approximate surface area is 127 Å². The number of benzene rings is 1. The van der Waals surface area contributed by atoms with Crippen LogP contribution in [0.1, 0.15) is 35.0 Å². The Balaban J connectivity index is 1.49. The highest BCUT2D eigenvalue weighted by atomic mass is 16.1. The predicted molar refractivity (Wildman–Crippen MR) is 82.4 cm³/mol. The summed E-state index contributed by atoms with van der Waals surface area (Å²) in [5.74, 6) is 1.74. The van der Waals surface area contributed by atoms with E-state index in [0.717, 1.165) is 41.9 Å². The summed E-state index contributed by atoms with van der Waals surface area (Å²) in [5, 5.41) is 12.3. The number of hydrogen-bond acceptors (Lipinski definition) is 3. The van der Waals surface area contributed by atoms with Crippen LogP contribution in [0.25, 0.3) is 10.9 Å². The SMILES string of the molecule is O=C(NCc1nnc2n1CCCC2)c1cc2ccccc2[nH]1. The Morgan fingerprint density at radius 1 is 1.27 bits per heavy atom. The zero-order valence-corrected chi connectivity index (χ0v) is 12.2. The molecule has 3 heterocycles. The van der Waals surface area contributed by atoms with Crippen molar-refractivity contribution in [2.45, 2.75) is 32.4 Å². The Bertz CT molecular complexity index is 799. The molecule has 4 rings (SSSR count). The largest absolute Gasteiger partial charge is 0.351 e. The van der Waals surface area contributed by atoms with Crippen LogP contribution in [0.4, 0.5) is 0 Å². The summed E-state index contributed by atoms with van der Waals surface area (Å²) in [4.78, 5) is 15.4. The molecule has 6 heteroatoms. The molecule has 0 saturated heterocycles. The minimum absolute atomic E-state index is 0.121. The maximum atomic E-state index is 12.3. The van der Waals surface area contributed by atoms with Gasteiger partial charge in [-0.1, -0.05) is 18.2 Å². The number of aromatic amines is 1. The van der Waals surface area contributed by atoms with Crippen LogP contribution >= 0.6 is 0 Å². The van der Waals surface area contributed by atoms with E-state index in [-0.39, 0.29) is 5.91 Å². The molecule has 2 N–H and O–H groups in total. The number of H-pyrrole nitrogens is 1. The molecule has 2 aromatic heterocycles. The highest BCUT2D eigenvalue weighted by Crippen LogP contribution is 2.16. The molecular weight excluding hydrogens is 278 g/mol. The van der Waals surface area contributed by atoms with Crippen LogP contribution in [0.5, 0.6) is 0 Å². The van der Waals surface area contributed by atoms with Crippen LogP contribution in [-0.4, -0.2) is 25.7 Å². The zero-order chi connectivity index (χ0) is 14.9. The molecule has 0 unspecified atom stereocenters. The van der Waals surface area contributed by atoms with Crippen LogP contribution in [-0.2, 0) is 19.5 Å². The molecule has 3 aromatic rings. The fraction of sp³-hybridized carbons (Fsp3) is 0.312. The molecule has 1 aliphatic rings. The lowest BCUT2D eigenvalue weighted by molar-refractivity contribution is 0.0945. The highest BCUT2D eigenvalue weighted by molar-refractivity contribution is 5.97. The monoisotopic (exact) mass is 295 g/mol. The maximum Gasteiger partial charge on any atom is 0.268 e. The molecule has 0 bridgehead atoms. The van der Waals surface area contributed by atoms with E-state index in [2.05, 4.69) is 25.1 Å². The third-order valence-corrected chi connectivity index (χ3v) is 4.12. The third kappa shape index (κ3) is 2.26. The quantitative estimate of drug-likeness (QED) is 0.776. The average Bonchev–Trinajstić information content (AvgIpc) is 3.16. The van der Waals surface area contributed by atoms with Crippen LogP contribution < -0.4 is 5.32 Å². The molecule has 0 atom stereocenters. The van der Waals surface area contributed by atoms with Gasteiger partial charge in [-0.3, -0.25) is 4.79 Å². The van der Waals surface area contributed by atoms with Gasteiger partial charge in [0.15, 0.2) is 5.82 Å². The number of aromatic nitrogens is 4. The molecule has 6 nitrogen and oxygen atoms in total. The molecule has 0 saturated carbocycles. The van der Waals surface area contributed by atoms with Gasteiger partial charge >= 0.3 is 0 Å². The van der Waals surface area contributed by atoms with E-state index < -0.39 is 0 Å². The number of nitrogens with one attached hydrogen (secondary N) is 2. The molecule has 1 aromatic carbocycles. The molecule has 0 radical (unpaired) electrons. The Morgan fingerprint density at radius 2 is 2.18 bits per heavy atom. The third-order valence-electron chi connectivity index (χ3n) is 4.12. The topological polar surface area (TPSA) is 75.6 Å². The van der Waals surface area contributed by atoms with E-state index in [1.54, 1.807) is 0 Å². The van der Waals surface area contributed by atoms with Gasteiger partial charge in [-0.2, -0.15) is 0 Å². The maximum absolute atomic E-state index is 12.3. The van der Waals surface area contributed by atoms with Gasteiger partial charge in [-0.15, -0.1) is 10.2 Å². The molecule has 22 heavy (non-hydrogen) atoms. The number of amides is 1. The van der Waals surface area contributed by atoms with Crippen LogP contribution in [0, 0.1) is 0 Å². The van der Waals surface area contributed by atoms with E-state index in [4.69, 9.17) is 0 Å². The fourth-order valence-electron chi connectivity index (χ4n) is 2.95. The van der Waals surface area contributed by atoms with Crippen molar-refractivity contribution in [1.82, 2.24) is 25.1 Å². The van der Waals surface area contributed by atoms with Crippen molar-refractivity contribution in [1.29, 1.82) is 0 Å². The number of fused-ring (bicyclic) bond motifs is 2. The van der Waals surface area contributed by atoms with Gasteiger partial charge in [0.1, 0.15) is 11.5 Å². The summed E-state index contributed by atoms with van der Waals surface area (Å²) in [6.07, 6.45) is 3.29. The fourth-order valence-corrected chi connectivity index (χ4v) is 2.95. The number of rotatable bonds is 3. The summed E-state index contributed by atoms with van der Waals surface area (Å²) in [6, 6.07) is 9.71. The second-order valence-electron chi connectivity index (χ2n) is 5.59. The number of para-hydroxylation sites is 1. The zero-order valence-electron chi connectivity index (χ0n) is 12.2. The second kappa shape index (κ2) is 5.29. The lowest BCUT2D eigenvalue weighted by atomic mass is 10.2. The number of hydrogen-bond donors (Lipinski definition) is 2. The van der Waals surface area contributed by atoms with E-state index in [0.29, 0.717) is 12.2 Å². The molecule has 1 aliphatic heterocycles. The van der Waals surface area contributed by atoms with E-state index >= 15 is 0 Å². The first-order valence-electron chi connectivity index (χ1n) is 7.58. The standard InChI is InChI=1S/C16H17N5O/c22-16(13-9-11-5-1-2-6-12(11)18-13)17-10-15-20-19-14-7-3-4-8-21(14)15/h1-2,5-6,9,18H,3-4,7-8,10H2,(H,17,22). The van der Waals surface area contributed by atoms with Crippen LogP contribution in [0.2, 0.25) is 0 Å². The van der Waals surface area contributed by atoms with Crippen molar-refractivity contribution in [3.63, 3.8) is 0 Å². The van der Waals surface area contributed by atoms with Crippen LogP contribution in [0.15, 0.2) is 30.3 Å². The van der Waals surface area contributed by atoms with E-state index in [1.165, 1.54) is 6.42 Å². The van der Waals surface area contributed by atoms with Crippen molar-refractivity contribution >= 4 is 16.8 Å². The first kappa shape index (κ1) is 13.1. The van der Waals surface area contributed by atoms with Crippen molar-refractivity contribution < 1.29 is 4.79 Å². The van der Waals surface area contributed by atoms with Gasteiger partial charge in [0.2, 0.25) is 0 Å². The van der Waals surface area contributed by atoms with Crippen molar-refractivity contribution in [2.24, 2.45) is 0 Å². The summed E-state index contributed by atoms with van der Waals surface area (Å²) < 4.78 is 2.12. The Kier molecular flexibility index (Phi) is 3.14. The summed E-state index contributed by atoms with van der Waals surface area (Å²) in [6.45, 7) is 1.35. The van der Waals surface area contributed by atoms with Crippen molar-refractivity contribution in [3.05, 3.63) is 47.7 Å². The number of carbonyl (C=O) groups excluding carboxylic acids is 1. The number of nitrogens with zero attached hydrogens (tertiary/aromatic N) is 3. The number of carbonyl (C=O) groups is 1. The van der Waals surface area contributed by atoms with E-state index in [9.17, 15) is 4.79 Å². The first-order chi connectivity index (χ1) is 10.8. The number of aryl methyl sites for hydroxylation is 1. The molecule has 112 valence electrons. The Hall–Kier alpha value is -2.63. The predicted octanol–water partition coefficient (Wildman–Crippen LogP) is 2.03. The smallest absolute Gasteiger partial charge is 0.268 e.